The van der Waals surface area contributed by atoms with E-state index in [4.69, 9.17) is 25.5 Å². The van der Waals surface area contributed by atoms with Gasteiger partial charge in [0.25, 0.3) is 11.1 Å². The molecule has 0 N–H and O–H groups in total. The Morgan fingerprint density at radius 1 is 1.15 bits per heavy atom. The van der Waals surface area contributed by atoms with Crippen molar-refractivity contribution in [3.05, 3.63) is 65.0 Å². The van der Waals surface area contributed by atoms with Gasteiger partial charge in [0.1, 0.15) is 11.5 Å². The zero-order valence-corrected chi connectivity index (χ0v) is 15.4. The van der Waals surface area contributed by atoms with Crippen molar-refractivity contribution in [1.29, 1.82) is 0 Å². The Hall–Kier alpha value is -2.51. The average Bonchev–Trinajstić information content (AvgIpc) is 3.13. The monoisotopic (exact) mass is 390 g/mol. The van der Waals surface area contributed by atoms with E-state index >= 15 is 0 Å². The molecule has 1 aromatic heterocycles. The van der Waals surface area contributed by atoms with Gasteiger partial charge in [0.05, 0.1) is 18.4 Å². The maximum Gasteiger partial charge on any atom is 0.277 e. The van der Waals surface area contributed by atoms with Crippen LogP contribution in [0.1, 0.15) is 16.2 Å². The van der Waals surface area contributed by atoms with E-state index in [2.05, 4.69) is 10.2 Å². The van der Waals surface area contributed by atoms with Crippen LogP contribution in [0.25, 0.3) is 0 Å². The minimum Gasteiger partial charge on any atom is -0.496 e. The number of carbonyl (C=O) groups excluding carboxylic acids is 1. The molecule has 3 aromatic rings. The standard InChI is InChI=1S/C18H15ClN2O4S/c1-23-16-5-3-2-4-14(16)15(22)11-26-18-21-20-17(25-18)10-24-13-8-6-12(19)7-9-13/h2-9H,10-11H2,1H3. The first kappa shape index (κ1) is 18.3. The van der Waals surface area contributed by atoms with Gasteiger partial charge in [-0.2, -0.15) is 0 Å². The van der Waals surface area contributed by atoms with Gasteiger partial charge in [-0.25, -0.2) is 0 Å². The lowest BCUT2D eigenvalue weighted by molar-refractivity contribution is 0.101. The summed E-state index contributed by atoms with van der Waals surface area (Å²) in [5.74, 6) is 1.60. The van der Waals surface area contributed by atoms with E-state index in [9.17, 15) is 4.79 Å². The highest BCUT2D eigenvalue weighted by atomic mass is 35.5. The molecule has 0 aliphatic rings. The van der Waals surface area contributed by atoms with Gasteiger partial charge in [0.2, 0.25) is 0 Å². The fourth-order valence-electron chi connectivity index (χ4n) is 2.11. The molecule has 0 atom stereocenters. The van der Waals surface area contributed by atoms with Gasteiger partial charge in [-0.15, -0.1) is 10.2 Å². The molecule has 0 radical (unpaired) electrons. The SMILES string of the molecule is COc1ccccc1C(=O)CSc1nnc(COc2ccc(Cl)cc2)o1. The van der Waals surface area contributed by atoms with Crippen molar-refractivity contribution in [2.45, 2.75) is 11.8 Å². The number of Topliss-reactive ketones (excluding diaryl/α,β-unsaturated/α-hetero) is 1. The van der Waals surface area contributed by atoms with Crippen molar-refractivity contribution in [3.63, 3.8) is 0 Å². The normalized spacial score (nSPS) is 10.5. The van der Waals surface area contributed by atoms with Crippen molar-refractivity contribution >= 4 is 29.1 Å². The number of hydrogen-bond donors (Lipinski definition) is 0. The lowest BCUT2D eigenvalue weighted by Gasteiger charge is -2.05. The van der Waals surface area contributed by atoms with Gasteiger partial charge >= 0.3 is 0 Å². The molecule has 0 fully saturated rings. The van der Waals surface area contributed by atoms with E-state index in [0.29, 0.717) is 33.2 Å². The summed E-state index contributed by atoms with van der Waals surface area (Å²) in [6, 6.07) is 14.0. The molecule has 0 aliphatic heterocycles. The molecule has 26 heavy (non-hydrogen) atoms. The second-order valence-corrected chi connectivity index (χ2v) is 6.48. The number of thioether (sulfide) groups is 1. The molecular weight excluding hydrogens is 376 g/mol. The predicted molar refractivity (Wildman–Crippen MR) is 98.1 cm³/mol. The number of ketones is 1. The third-order valence-corrected chi connectivity index (χ3v) is 4.43. The summed E-state index contributed by atoms with van der Waals surface area (Å²) < 4.78 is 16.2. The molecule has 0 spiro atoms. The number of ether oxygens (including phenoxy) is 2. The molecule has 0 unspecified atom stereocenters. The number of carbonyl (C=O) groups is 1. The van der Waals surface area contributed by atoms with Crippen LogP contribution in [0, 0.1) is 0 Å². The summed E-state index contributed by atoms with van der Waals surface area (Å²) in [6.45, 7) is 0.135. The van der Waals surface area contributed by atoms with Crippen LogP contribution >= 0.6 is 23.4 Å². The van der Waals surface area contributed by atoms with Crippen LogP contribution in [0.5, 0.6) is 11.5 Å². The van der Waals surface area contributed by atoms with Crippen molar-refractivity contribution in [2.24, 2.45) is 0 Å². The molecule has 0 aliphatic carbocycles. The fraction of sp³-hybridized carbons (Fsp3) is 0.167. The van der Waals surface area contributed by atoms with Crippen LogP contribution in [0.3, 0.4) is 0 Å². The predicted octanol–water partition coefficient (Wildman–Crippen LogP) is 4.29. The highest BCUT2D eigenvalue weighted by molar-refractivity contribution is 7.99. The van der Waals surface area contributed by atoms with Gasteiger partial charge < -0.3 is 13.9 Å². The minimum absolute atomic E-state index is 0.0791. The van der Waals surface area contributed by atoms with Gasteiger partial charge in [-0.05, 0) is 36.4 Å². The third-order valence-electron chi connectivity index (χ3n) is 3.36. The molecule has 0 amide bonds. The van der Waals surface area contributed by atoms with Crippen LogP contribution in [0.2, 0.25) is 5.02 Å². The number of aromatic nitrogens is 2. The van der Waals surface area contributed by atoms with Crippen LogP contribution < -0.4 is 9.47 Å². The lowest BCUT2D eigenvalue weighted by Crippen LogP contribution is -2.04. The molecule has 0 saturated carbocycles. The van der Waals surface area contributed by atoms with Gasteiger partial charge in [0, 0.05) is 5.02 Å². The number of methoxy groups -OCH3 is 1. The van der Waals surface area contributed by atoms with Crippen molar-refractivity contribution in [2.75, 3.05) is 12.9 Å². The van der Waals surface area contributed by atoms with E-state index in [1.165, 1.54) is 18.9 Å². The number of hydrogen-bond acceptors (Lipinski definition) is 7. The zero-order valence-electron chi connectivity index (χ0n) is 13.8. The summed E-state index contributed by atoms with van der Waals surface area (Å²) in [5.41, 5.74) is 0.522. The summed E-state index contributed by atoms with van der Waals surface area (Å²) in [7, 11) is 1.53. The smallest absolute Gasteiger partial charge is 0.277 e. The molecule has 3 rings (SSSR count). The number of rotatable bonds is 8. The molecule has 0 bridgehead atoms. The summed E-state index contributed by atoms with van der Waals surface area (Å²) in [6.07, 6.45) is 0. The van der Waals surface area contributed by atoms with Crippen molar-refractivity contribution < 1.29 is 18.7 Å². The van der Waals surface area contributed by atoms with Gasteiger partial charge in [-0.1, -0.05) is 35.5 Å². The Morgan fingerprint density at radius 3 is 2.69 bits per heavy atom. The number of benzene rings is 2. The summed E-state index contributed by atoms with van der Waals surface area (Å²) in [4.78, 5) is 12.3. The Morgan fingerprint density at radius 2 is 1.92 bits per heavy atom. The molecule has 6 nitrogen and oxygen atoms in total. The molecule has 0 saturated heterocycles. The Labute approximate surface area is 159 Å². The minimum atomic E-state index is -0.0791. The van der Waals surface area contributed by atoms with Gasteiger partial charge in [0.15, 0.2) is 12.4 Å². The summed E-state index contributed by atoms with van der Waals surface area (Å²) in [5, 5.41) is 8.76. The van der Waals surface area contributed by atoms with Crippen LogP contribution in [-0.4, -0.2) is 28.8 Å². The van der Waals surface area contributed by atoms with Crippen molar-refractivity contribution in [1.82, 2.24) is 10.2 Å². The van der Waals surface area contributed by atoms with E-state index < -0.39 is 0 Å². The quantitative estimate of drug-likeness (QED) is 0.419. The molecule has 134 valence electrons. The topological polar surface area (TPSA) is 74.5 Å². The van der Waals surface area contributed by atoms with Crippen LogP contribution in [-0.2, 0) is 6.61 Å². The average molecular weight is 391 g/mol. The van der Waals surface area contributed by atoms with E-state index in [1.807, 2.05) is 6.07 Å². The maximum atomic E-state index is 12.3. The number of para-hydroxylation sites is 1. The van der Waals surface area contributed by atoms with Crippen molar-refractivity contribution in [3.8, 4) is 11.5 Å². The molecular formula is C18H15ClN2O4S. The number of halogens is 1. The van der Waals surface area contributed by atoms with Crippen LogP contribution in [0.15, 0.2) is 58.2 Å². The highest BCUT2D eigenvalue weighted by Crippen LogP contribution is 2.23. The van der Waals surface area contributed by atoms with Gasteiger partial charge in [-0.3, -0.25) is 4.79 Å². The summed E-state index contributed by atoms with van der Waals surface area (Å²) >= 11 is 6.99. The first-order chi connectivity index (χ1) is 12.7. The lowest BCUT2D eigenvalue weighted by atomic mass is 10.1. The Balaban J connectivity index is 1.53. The first-order valence-corrected chi connectivity index (χ1v) is 9.02. The second-order valence-electron chi connectivity index (χ2n) is 5.12. The number of nitrogens with zero attached hydrogens (tertiary/aromatic N) is 2. The zero-order chi connectivity index (χ0) is 18.4. The highest BCUT2D eigenvalue weighted by Gasteiger charge is 2.14. The first-order valence-electron chi connectivity index (χ1n) is 7.65. The second kappa shape index (κ2) is 8.73. The van der Waals surface area contributed by atoms with E-state index in [-0.39, 0.29) is 18.1 Å². The fourth-order valence-corrected chi connectivity index (χ4v) is 2.90. The third kappa shape index (κ3) is 4.77. The van der Waals surface area contributed by atoms with E-state index in [1.54, 1.807) is 42.5 Å². The molecule has 8 heteroatoms. The largest absolute Gasteiger partial charge is 0.496 e. The van der Waals surface area contributed by atoms with Crippen LogP contribution in [0.4, 0.5) is 0 Å². The Kier molecular flexibility index (Phi) is 6.14. The Bertz CT molecular complexity index is 883. The molecule has 1 heterocycles. The maximum absolute atomic E-state index is 12.3. The molecule has 2 aromatic carbocycles. The van der Waals surface area contributed by atoms with E-state index in [0.717, 1.165) is 0 Å².